The highest BCUT2D eigenvalue weighted by atomic mass is 35.5. The molecule has 0 bridgehead atoms. The van der Waals surface area contributed by atoms with E-state index in [4.69, 9.17) is 11.6 Å². The van der Waals surface area contributed by atoms with Gasteiger partial charge in [0.05, 0.1) is 16.9 Å². The number of benzene rings is 1. The lowest BCUT2D eigenvalue weighted by Gasteiger charge is -2.07. The molecule has 0 amide bonds. The molecule has 102 valence electrons. The van der Waals surface area contributed by atoms with Crippen LogP contribution < -0.4 is 5.32 Å². The quantitative estimate of drug-likeness (QED) is 0.804. The maximum Gasteiger partial charge on any atom is 0.154 e. The molecule has 0 saturated heterocycles. The zero-order chi connectivity index (χ0) is 14.1. The van der Waals surface area contributed by atoms with Crippen LogP contribution in [-0.2, 0) is 13.6 Å². The van der Waals surface area contributed by atoms with Crippen molar-refractivity contribution in [3.63, 3.8) is 0 Å². The molecular formula is C14H12ClFN4. The summed E-state index contributed by atoms with van der Waals surface area (Å²) >= 11 is 5.76. The van der Waals surface area contributed by atoms with Crippen LogP contribution in [0.3, 0.4) is 0 Å². The van der Waals surface area contributed by atoms with E-state index in [2.05, 4.69) is 15.3 Å². The minimum absolute atomic E-state index is 0.119. The zero-order valence-electron chi connectivity index (χ0n) is 10.8. The number of pyridine rings is 1. The maximum atomic E-state index is 13.1. The average molecular weight is 291 g/mol. The topological polar surface area (TPSA) is 42.7 Å². The fourth-order valence-corrected chi connectivity index (χ4v) is 2.23. The highest BCUT2D eigenvalue weighted by molar-refractivity contribution is 6.30. The first-order valence-corrected chi connectivity index (χ1v) is 6.47. The van der Waals surface area contributed by atoms with Crippen molar-refractivity contribution in [1.82, 2.24) is 14.5 Å². The summed E-state index contributed by atoms with van der Waals surface area (Å²) in [6.07, 6.45) is 3.47. The van der Waals surface area contributed by atoms with Gasteiger partial charge in [0, 0.05) is 19.8 Å². The minimum atomic E-state index is -0.416. The molecule has 3 aromatic rings. The Morgan fingerprint density at radius 3 is 2.95 bits per heavy atom. The second kappa shape index (κ2) is 5.09. The van der Waals surface area contributed by atoms with Gasteiger partial charge >= 0.3 is 0 Å². The summed E-state index contributed by atoms with van der Waals surface area (Å²) in [4.78, 5) is 8.60. The third kappa shape index (κ3) is 2.32. The van der Waals surface area contributed by atoms with Crippen molar-refractivity contribution in [3.05, 3.63) is 53.2 Å². The molecule has 1 N–H and O–H groups in total. The van der Waals surface area contributed by atoms with Crippen molar-refractivity contribution in [2.45, 2.75) is 6.54 Å². The third-order valence-corrected chi connectivity index (χ3v) is 3.38. The molecule has 0 radical (unpaired) electrons. The molecule has 2 heterocycles. The van der Waals surface area contributed by atoms with E-state index in [-0.39, 0.29) is 5.02 Å². The van der Waals surface area contributed by atoms with Gasteiger partial charge in [0.2, 0.25) is 0 Å². The number of nitrogens with zero attached hydrogens (tertiary/aromatic N) is 3. The van der Waals surface area contributed by atoms with Crippen LogP contribution in [0.5, 0.6) is 0 Å². The van der Waals surface area contributed by atoms with Gasteiger partial charge in [-0.05, 0) is 23.8 Å². The first-order valence-electron chi connectivity index (χ1n) is 6.09. The molecule has 0 aliphatic heterocycles. The molecule has 0 spiro atoms. The van der Waals surface area contributed by atoms with Crippen LogP contribution in [0.2, 0.25) is 5.02 Å². The van der Waals surface area contributed by atoms with E-state index in [0.29, 0.717) is 12.4 Å². The molecule has 4 nitrogen and oxygen atoms in total. The number of hydrogen-bond donors (Lipinski definition) is 1. The molecule has 2 aromatic heterocycles. The van der Waals surface area contributed by atoms with E-state index < -0.39 is 5.82 Å². The Hall–Kier alpha value is -2.14. The van der Waals surface area contributed by atoms with E-state index in [9.17, 15) is 4.39 Å². The number of hydrogen-bond acceptors (Lipinski definition) is 3. The van der Waals surface area contributed by atoms with Crippen molar-refractivity contribution in [1.29, 1.82) is 0 Å². The number of aryl methyl sites for hydroxylation is 1. The predicted molar refractivity (Wildman–Crippen MR) is 77.2 cm³/mol. The van der Waals surface area contributed by atoms with Crippen LogP contribution in [0.4, 0.5) is 10.2 Å². The molecular weight excluding hydrogens is 279 g/mol. The zero-order valence-corrected chi connectivity index (χ0v) is 11.5. The maximum absolute atomic E-state index is 13.1. The van der Waals surface area contributed by atoms with Gasteiger partial charge in [-0.25, -0.2) is 14.4 Å². The number of imidazole rings is 1. The Balaban J connectivity index is 1.85. The highest BCUT2D eigenvalue weighted by Crippen LogP contribution is 2.20. The summed E-state index contributed by atoms with van der Waals surface area (Å²) in [7, 11) is 1.93. The van der Waals surface area contributed by atoms with Crippen molar-refractivity contribution >= 4 is 28.5 Å². The van der Waals surface area contributed by atoms with Crippen LogP contribution >= 0.6 is 11.6 Å². The van der Waals surface area contributed by atoms with E-state index in [0.717, 1.165) is 16.6 Å². The van der Waals surface area contributed by atoms with E-state index in [1.807, 2.05) is 17.7 Å². The van der Waals surface area contributed by atoms with Crippen molar-refractivity contribution in [2.75, 3.05) is 5.32 Å². The average Bonchev–Trinajstić information content (AvgIpc) is 2.83. The molecule has 0 aliphatic rings. The summed E-state index contributed by atoms with van der Waals surface area (Å²) in [5, 5.41) is 3.31. The Kier molecular flexibility index (Phi) is 3.28. The van der Waals surface area contributed by atoms with Gasteiger partial charge in [-0.1, -0.05) is 17.7 Å². The van der Waals surface area contributed by atoms with Crippen LogP contribution in [0, 0.1) is 5.82 Å². The smallest absolute Gasteiger partial charge is 0.154 e. The highest BCUT2D eigenvalue weighted by Gasteiger charge is 2.07. The molecule has 3 rings (SSSR count). The lowest BCUT2D eigenvalue weighted by atomic mass is 10.2. The summed E-state index contributed by atoms with van der Waals surface area (Å²) < 4.78 is 15.0. The van der Waals surface area contributed by atoms with Gasteiger partial charge in [-0.3, -0.25) is 0 Å². The number of nitrogens with one attached hydrogen (secondary N) is 1. The molecule has 0 fully saturated rings. The van der Waals surface area contributed by atoms with Crippen molar-refractivity contribution in [2.24, 2.45) is 7.05 Å². The lowest BCUT2D eigenvalue weighted by molar-refractivity contribution is 0.627. The number of fused-ring (bicyclic) bond motifs is 1. The van der Waals surface area contributed by atoms with Crippen LogP contribution in [-0.4, -0.2) is 14.5 Å². The first kappa shape index (κ1) is 12.9. The molecule has 0 saturated carbocycles. The van der Waals surface area contributed by atoms with Crippen LogP contribution in [0.1, 0.15) is 5.56 Å². The van der Waals surface area contributed by atoms with Crippen LogP contribution in [0.15, 0.2) is 36.8 Å². The predicted octanol–water partition coefficient (Wildman–Crippen LogP) is 3.37. The van der Waals surface area contributed by atoms with Gasteiger partial charge in [0.15, 0.2) is 5.82 Å². The summed E-state index contributed by atoms with van der Waals surface area (Å²) in [6, 6.07) is 6.55. The lowest BCUT2D eigenvalue weighted by Crippen LogP contribution is -2.02. The standard InChI is InChI=1S/C14H12ClFN4/c1-20-8-19-13-12(20)4-5-17-14(13)18-7-9-2-3-11(16)10(15)6-9/h2-6,8H,7H2,1H3,(H,17,18). The van der Waals surface area contributed by atoms with Crippen molar-refractivity contribution < 1.29 is 4.39 Å². The summed E-state index contributed by atoms with van der Waals surface area (Å²) in [5.74, 6) is 0.281. The molecule has 0 unspecified atom stereocenters. The van der Waals surface area contributed by atoms with Gasteiger partial charge < -0.3 is 9.88 Å². The summed E-state index contributed by atoms with van der Waals surface area (Å²) in [5.41, 5.74) is 2.69. The van der Waals surface area contributed by atoms with E-state index >= 15 is 0 Å². The number of aromatic nitrogens is 3. The van der Waals surface area contributed by atoms with Gasteiger partial charge in [-0.15, -0.1) is 0 Å². The molecule has 20 heavy (non-hydrogen) atoms. The van der Waals surface area contributed by atoms with E-state index in [1.54, 1.807) is 24.7 Å². The Bertz CT molecular complexity index is 769. The molecule has 0 atom stereocenters. The monoisotopic (exact) mass is 290 g/mol. The largest absolute Gasteiger partial charge is 0.364 e. The Morgan fingerprint density at radius 1 is 1.30 bits per heavy atom. The summed E-state index contributed by atoms with van der Waals surface area (Å²) in [6.45, 7) is 0.503. The Labute approximate surface area is 120 Å². The third-order valence-electron chi connectivity index (χ3n) is 3.09. The van der Waals surface area contributed by atoms with E-state index in [1.165, 1.54) is 6.07 Å². The second-order valence-electron chi connectivity index (χ2n) is 4.48. The SMILES string of the molecule is Cn1cnc2c(NCc3ccc(F)c(Cl)c3)nccc21. The van der Waals surface area contributed by atoms with Crippen LogP contribution in [0.25, 0.3) is 11.0 Å². The fraction of sp³-hybridized carbons (Fsp3) is 0.143. The fourth-order valence-electron chi connectivity index (χ4n) is 2.03. The van der Waals surface area contributed by atoms with Crippen molar-refractivity contribution in [3.8, 4) is 0 Å². The molecule has 6 heteroatoms. The molecule has 0 aliphatic carbocycles. The minimum Gasteiger partial charge on any atom is -0.364 e. The first-order chi connectivity index (χ1) is 9.65. The molecule has 1 aromatic carbocycles. The van der Waals surface area contributed by atoms with Gasteiger partial charge in [0.25, 0.3) is 0 Å². The number of halogens is 2. The van der Waals surface area contributed by atoms with Gasteiger partial charge in [0.1, 0.15) is 11.3 Å². The Morgan fingerprint density at radius 2 is 2.15 bits per heavy atom. The number of rotatable bonds is 3. The normalized spacial score (nSPS) is 10.9. The number of anilines is 1. The van der Waals surface area contributed by atoms with Gasteiger partial charge in [-0.2, -0.15) is 0 Å². The second-order valence-corrected chi connectivity index (χ2v) is 4.89.